The lowest BCUT2D eigenvalue weighted by atomic mass is 10.2. The molecule has 9 heteroatoms. The Labute approximate surface area is 126 Å². The van der Waals surface area contributed by atoms with E-state index < -0.39 is 5.97 Å². The summed E-state index contributed by atoms with van der Waals surface area (Å²) in [5.41, 5.74) is 0.913. The van der Waals surface area contributed by atoms with E-state index in [1.165, 1.54) is 29.6 Å². The molecule has 106 valence electrons. The average molecular weight is 361 g/mol. The Morgan fingerprint density at radius 2 is 2.35 bits per heavy atom. The zero-order valence-electron chi connectivity index (χ0n) is 10.4. The molecule has 0 bridgehead atoms. The smallest absolute Gasteiger partial charge is 0.327 e. The minimum absolute atomic E-state index is 0.0427. The van der Waals surface area contributed by atoms with E-state index in [1.807, 2.05) is 0 Å². The van der Waals surface area contributed by atoms with Crippen molar-refractivity contribution in [3.8, 4) is 0 Å². The van der Waals surface area contributed by atoms with Crippen LogP contribution in [0.3, 0.4) is 0 Å². The number of halogens is 2. The zero-order valence-corrected chi connectivity index (χ0v) is 12.8. The molecule has 0 radical (unpaired) electrons. The second-order valence-corrected chi connectivity index (χ2v) is 5.53. The highest BCUT2D eigenvalue weighted by atomic mass is 79.9. The van der Waals surface area contributed by atoms with Crippen molar-refractivity contribution in [1.29, 1.82) is 0 Å². The number of methoxy groups -OCH3 is 1. The van der Waals surface area contributed by atoms with E-state index >= 15 is 0 Å². The molecule has 1 aromatic heterocycles. The van der Waals surface area contributed by atoms with Crippen molar-refractivity contribution in [3.05, 3.63) is 34.1 Å². The molecule has 0 saturated heterocycles. The predicted molar refractivity (Wildman–Crippen MR) is 73.5 cm³/mol. The van der Waals surface area contributed by atoms with Crippen LogP contribution in [0.15, 0.2) is 27.8 Å². The highest BCUT2D eigenvalue weighted by Crippen LogP contribution is 2.23. The van der Waals surface area contributed by atoms with E-state index in [0.717, 1.165) is 5.56 Å². The number of thioether (sulfide) groups is 1. The Morgan fingerprint density at radius 3 is 3.05 bits per heavy atom. The summed E-state index contributed by atoms with van der Waals surface area (Å²) in [6.45, 7) is -0.0427. The van der Waals surface area contributed by atoms with Gasteiger partial charge in [0.05, 0.1) is 11.6 Å². The number of aromatic nitrogens is 4. The molecule has 20 heavy (non-hydrogen) atoms. The molecule has 2 rings (SSSR count). The van der Waals surface area contributed by atoms with Crippen molar-refractivity contribution >= 4 is 33.7 Å². The van der Waals surface area contributed by atoms with E-state index in [2.05, 4.69) is 36.2 Å². The number of rotatable bonds is 5. The molecule has 1 heterocycles. The maximum absolute atomic E-state index is 13.1. The van der Waals surface area contributed by atoms with E-state index in [0.29, 0.717) is 15.4 Å². The molecule has 0 N–H and O–H groups in total. The minimum Gasteiger partial charge on any atom is -0.468 e. The number of hydrogen-bond acceptors (Lipinski definition) is 6. The number of tetrazole rings is 1. The molecule has 0 spiro atoms. The molecule has 0 amide bonds. The van der Waals surface area contributed by atoms with Crippen molar-refractivity contribution < 1.29 is 13.9 Å². The van der Waals surface area contributed by atoms with Crippen LogP contribution in [0.2, 0.25) is 0 Å². The monoisotopic (exact) mass is 360 g/mol. The third-order valence-corrected chi connectivity index (χ3v) is 3.99. The fraction of sp³-hybridized carbons (Fsp3) is 0.273. The summed E-state index contributed by atoms with van der Waals surface area (Å²) in [6, 6.07) is 4.76. The summed E-state index contributed by atoms with van der Waals surface area (Å²) >= 11 is 4.48. The van der Waals surface area contributed by atoms with Crippen molar-refractivity contribution in [3.63, 3.8) is 0 Å². The Morgan fingerprint density at radius 1 is 1.55 bits per heavy atom. The van der Waals surface area contributed by atoms with Crippen LogP contribution in [0, 0.1) is 5.82 Å². The Kier molecular flexibility index (Phi) is 5.07. The van der Waals surface area contributed by atoms with Gasteiger partial charge in [0, 0.05) is 5.75 Å². The van der Waals surface area contributed by atoms with Gasteiger partial charge in [0.25, 0.3) is 0 Å². The molecule has 0 aliphatic rings. The highest BCUT2D eigenvalue weighted by molar-refractivity contribution is 9.10. The van der Waals surface area contributed by atoms with Gasteiger partial charge in [-0.15, -0.1) is 5.10 Å². The largest absolute Gasteiger partial charge is 0.468 e. The van der Waals surface area contributed by atoms with Crippen molar-refractivity contribution in [2.45, 2.75) is 17.5 Å². The normalized spacial score (nSPS) is 10.6. The summed E-state index contributed by atoms with van der Waals surface area (Å²) in [6.07, 6.45) is 0. The number of esters is 1. The number of ether oxygens (including phenoxy) is 1. The van der Waals surface area contributed by atoms with Crippen LogP contribution in [0.1, 0.15) is 5.56 Å². The molecule has 6 nitrogen and oxygen atoms in total. The van der Waals surface area contributed by atoms with Gasteiger partial charge in [0.1, 0.15) is 12.4 Å². The lowest BCUT2D eigenvalue weighted by molar-refractivity contribution is -0.141. The summed E-state index contributed by atoms with van der Waals surface area (Å²) in [7, 11) is 1.30. The second kappa shape index (κ2) is 6.80. The van der Waals surface area contributed by atoms with Crippen molar-refractivity contribution in [1.82, 2.24) is 20.2 Å². The first-order valence-electron chi connectivity index (χ1n) is 5.50. The maximum Gasteiger partial charge on any atom is 0.327 e. The molecular formula is C11H10BrFN4O2S. The summed E-state index contributed by atoms with van der Waals surface area (Å²) in [4.78, 5) is 11.2. The first-order valence-corrected chi connectivity index (χ1v) is 7.27. The lowest BCUT2D eigenvalue weighted by Crippen LogP contribution is -2.13. The number of carbonyl (C=O) groups excluding carboxylic acids is 1. The standard InChI is InChI=1S/C11H10BrFN4O2S/c1-19-10(18)5-17-11(14-15-16-17)20-6-7-2-3-9(13)8(12)4-7/h2-4H,5-6H2,1H3. The maximum atomic E-state index is 13.1. The van der Waals surface area contributed by atoms with Crippen LogP contribution in [-0.4, -0.2) is 33.3 Å². The van der Waals surface area contributed by atoms with Gasteiger partial charge in [-0.1, -0.05) is 17.8 Å². The molecular weight excluding hydrogens is 351 g/mol. The number of benzene rings is 1. The molecule has 0 unspecified atom stereocenters. The Bertz CT molecular complexity index is 622. The van der Waals surface area contributed by atoms with Crippen molar-refractivity contribution in [2.75, 3.05) is 7.11 Å². The average Bonchev–Trinajstić information content (AvgIpc) is 2.87. The van der Waals surface area contributed by atoms with Gasteiger partial charge in [-0.05, 0) is 44.1 Å². The molecule has 0 aliphatic heterocycles. The van der Waals surface area contributed by atoms with E-state index in [1.54, 1.807) is 12.1 Å². The van der Waals surface area contributed by atoms with Crippen LogP contribution < -0.4 is 0 Å². The van der Waals surface area contributed by atoms with Crippen molar-refractivity contribution in [2.24, 2.45) is 0 Å². The predicted octanol–water partition coefficient (Wildman–Crippen LogP) is 2.04. The van der Waals surface area contributed by atoms with Crippen LogP contribution >= 0.6 is 27.7 Å². The molecule has 0 atom stereocenters. The fourth-order valence-corrected chi connectivity index (χ4v) is 2.61. The third-order valence-electron chi connectivity index (χ3n) is 2.36. The van der Waals surface area contributed by atoms with Gasteiger partial charge in [-0.25, -0.2) is 9.07 Å². The number of nitrogens with zero attached hydrogens (tertiary/aromatic N) is 4. The third kappa shape index (κ3) is 3.76. The van der Waals surface area contributed by atoms with Gasteiger partial charge >= 0.3 is 5.97 Å². The van der Waals surface area contributed by atoms with Crippen LogP contribution in [0.5, 0.6) is 0 Å². The van der Waals surface area contributed by atoms with E-state index in [4.69, 9.17) is 0 Å². The molecule has 2 aromatic rings. The highest BCUT2D eigenvalue weighted by Gasteiger charge is 2.11. The summed E-state index contributed by atoms with van der Waals surface area (Å²) in [5.74, 6) is -0.182. The topological polar surface area (TPSA) is 69.9 Å². The number of carbonyl (C=O) groups is 1. The van der Waals surface area contributed by atoms with Gasteiger partial charge in [-0.3, -0.25) is 4.79 Å². The van der Waals surface area contributed by atoms with Crippen LogP contribution in [-0.2, 0) is 21.8 Å². The second-order valence-electron chi connectivity index (χ2n) is 3.73. The quantitative estimate of drug-likeness (QED) is 0.600. The number of hydrogen-bond donors (Lipinski definition) is 0. The van der Waals surface area contributed by atoms with Gasteiger partial charge < -0.3 is 4.74 Å². The van der Waals surface area contributed by atoms with Crippen LogP contribution in [0.25, 0.3) is 0 Å². The van der Waals surface area contributed by atoms with Crippen LogP contribution in [0.4, 0.5) is 4.39 Å². The summed E-state index contributed by atoms with van der Waals surface area (Å²) < 4.78 is 19.4. The first kappa shape index (κ1) is 14.9. The minimum atomic E-state index is -0.427. The molecule has 0 saturated carbocycles. The van der Waals surface area contributed by atoms with Gasteiger partial charge in [-0.2, -0.15) is 0 Å². The van der Waals surface area contributed by atoms with E-state index in [-0.39, 0.29) is 12.4 Å². The first-order chi connectivity index (χ1) is 9.60. The SMILES string of the molecule is COC(=O)Cn1nnnc1SCc1ccc(F)c(Br)c1. The van der Waals surface area contributed by atoms with Gasteiger partial charge in [0.2, 0.25) is 5.16 Å². The lowest BCUT2D eigenvalue weighted by Gasteiger charge is -2.04. The fourth-order valence-electron chi connectivity index (χ4n) is 1.36. The Hall–Kier alpha value is -1.48. The van der Waals surface area contributed by atoms with E-state index in [9.17, 15) is 9.18 Å². The summed E-state index contributed by atoms with van der Waals surface area (Å²) in [5, 5.41) is 11.6. The molecule has 0 fully saturated rings. The molecule has 0 aliphatic carbocycles. The molecule has 1 aromatic carbocycles. The zero-order chi connectivity index (χ0) is 14.5. The Balaban J connectivity index is 2.02. The van der Waals surface area contributed by atoms with Gasteiger partial charge in [0.15, 0.2) is 0 Å².